The predicted molar refractivity (Wildman–Crippen MR) is 430 cm³/mol. The van der Waals surface area contributed by atoms with E-state index < -0.39 is 41.1 Å². The van der Waals surface area contributed by atoms with Crippen LogP contribution in [0.4, 0.5) is 13.2 Å². The zero-order valence-corrected chi connectivity index (χ0v) is 65.7. The van der Waals surface area contributed by atoms with Crippen LogP contribution in [0.3, 0.4) is 0 Å². The van der Waals surface area contributed by atoms with Gasteiger partial charge in [-0.15, -0.1) is 0 Å². The SMILES string of the molecule is C.COc1cc(-c2cccc(F)c2)c(Cl)cc1-c1c(Br)cnc2cc(S(=O)(=O)Cc3ccon3)ccc12.COc1cc(-c2cccc(F)c2)c(Cl)cc1-c1c(C#N)cnc2cc(S(=O)(=O)Cc3ccon3)ccc12.COc1cc(-c2cccc(F)c2)c(Cl)cc1-c1c(C#N)cnc2cc(S(=O)(=O)Cc3ccon3)ccc12.P. The maximum atomic E-state index is 13.8. The van der Waals surface area contributed by atoms with E-state index in [1.807, 2.05) is 0 Å². The maximum absolute atomic E-state index is 13.8. The number of halogens is 7. The van der Waals surface area contributed by atoms with E-state index >= 15 is 0 Å². The van der Waals surface area contributed by atoms with Gasteiger partial charge in [0.15, 0.2) is 29.5 Å². The Morgan fingerprint density at radius 2 is 0.714 bits per heavy atom. The lowest BCUT2D eigenvalue weighted by Gasteiger charge is -2.16. The number of nitriles is 2. The summed E-state index contributed by atoms with van der Waals surface area (Å²) >= 11 is 23.5. The third kappa shape index (κ3) is 17.4. The van der Waals surface area contributed by atoms with Crippen LogP contribution in [0.15, 0.2) is 252 Å². The van der Waals surface area contributed by atoms with Crippen LogP contribution in [0, 0.1) is 40.1 Å². The lowest BCUT2D eigenvalue weighted by molar-refractivity contribution is 0.413. The Hall–Kier alpha value is -11.4. The Morgan fingerprint density at radius 1 is 0.411 bits per heavy atom. The van der Waals surface area contributed by atoms with Gasteiger partial charge >= 0.3 is 0 Å². The first-order valence-electron chi connectivity index (χ1n) is 32.4. The summed E-state index contributed by atoms with van der Waals surface area (Å²) < 4.78 is 151. The van der Waals surface area contributed by atoms with Gasteiger partial charge in [0.05, 0.1) is 80.8 Å². The van der Waals surface area contributed by atoms with Gasteiger partial charge in [-0.25, -0.2) is 38.4 Å². The second kappa shape index (κ2) is 34.5. The average molecular weight is 1710 g/mol. The van der Waals surface area contributed by atoms with Crippen LogP contribution in [0.25, 0.3) is 99.5 Å². The van der Waals surface area contributed by atoms with Crippen molar-refractivity contribution in [1.82, 2.24) is 30.4 Å². The number of rotatable bonds is 18. The molecule has 15 aromatic rings. The molecule has 112 heavy (non-hydrogen) atoms. The number of methoxy groups -OCH3 is 3. The average Bonchev–Trinajstić information content (AvgIpc) is 0.786. The molecular weight excluding hydrogens is 1650 g/mol. The summed E-state index contributed by atoms with van der Waals surface area (Å²) in [6.45, 7) is 0. The molecule has 31 heteroatoms. The molecule has 0 saturated heterocycles. The van der Waals surface area contributed by atoms with Crippen molar-refractivity contribution in [2.75, 3.05) is 21.3 Å². The summed E-state index contributed by atoms with van der Waals surface area (Å²) in [5, 5.41) is 33.5. The summed E-state index contributed by atoms with van der Waals surface area (Å²) in [4.78, 5) is 13.3. The molecule has 6 heterocycles. The molecule has 9 aromatic carbocycles. The van der Waals surface area contributed by atoms with Gasteiger partial charge in [-0.05, 0) is 142 Å². The fourth-order valence-corrected chi connectivity index (χ4v) is 17.4. The van der Waals surface area contributed by atoms with E-state index in [1.165, 1.54) is 144 Å². The third-order valence-corrected chi connectivity index (χ3v) is 23.8. The van der Waals surface area contributed by atoms with Crippen LogP contribution >= 0.6 is 60.6 Å². The van der Waals surface area contributed by atoms with Crippen molar-refractivity contribution in [2.24, 2.45) is 0 Å². The van der Waals surface area contributed by atoms with E-state index in [2.05, 4.69) is 58.5 Å². The number of fused-ring (bicyclic) bond motifs is 3. The van der Waals surface area contributed by atoms with Crippen LogP contribution < -0.4 is 14.2 Å². The molecule has 0 radical (unpaired) electrons. The van der Waals surface area contributed by atoms with E-state index in [1.54, 1.807) is 97.2 Å². The van der Waals surface area contributed by atoms with Gasteiger partial charge in [-0.1, -0.05) is 112 Å². The lowest BCUT2D eigenvalue weighted by Crippen LogP contribution is -2.05. The van der Waals surface area contributed by atoms with E-state index in [0.717, 1.165) is 5.56 Å². The molecule has 0 amide bonds. The van der Waals surface area contributed by atoms with E-state index in [-0.39, 0.29) is 77.6 Å². The summed E-state index contributed by atoms with van der Waals surface area (Å²) in [6.07, 6.45) is 8.29. The highest BCUT2D eigenvalue weighted by atomic mass is 79.9. The molecule has 566 valence electrons. The fraction of sp³-hybridized carbons (Fsp3) is 0.0864. The standard InChI is InChI=1S/2C27H17ClFN3O4S.C26H17BrClFN2O4S.CH4.H3P/c2*1-35-26-12-22(16-3-2-4-18(29)9-16)24(28)11-23(26)27-17(13-30)14-31-25-10-20(5-6-21(25)27)37(33,34)15-19-7-8-36-32-19;1-34-25-12-20(15-3-2-4-16(29)9-15)23(28)11-21(25)26-19-6-5-18(10-24(19)30-13-22(26)27)36(32,33)14-17-7-8-35-31-17;;/h2*2-12,14H,15H2,1H3;2-13H,14H2,1H3;1H4;1H3. The molecule has 0 N–H and O–H groups in total. The Morgan fingerprint density at radius 3 is 1.00 bits per heavy atom. The largest absolute Gasteiger partial charge is 0.496 e. The third-order valence-electron chi connectivity index (χ3n) is 17.4. The van der Waals surface area contributed by atoms with Gasteiger partial charge in [0.25, 0.3) is 0 Å². The van der Waals surface area contributed by atoms with Crippen LogP contribution in [-0.2, 0) is 46.8 Å². The number of aromatic nitrogens is 6. The van der Waals surface area contributed by atoms with Gasteiger partial charge in [0, 0.05) is 123 Å². The van der Waals surface area contributed by atoms with Crippen molar-refractivity contribution in [3.05, 3.63) is 285 Å². The van der Waals surface area contributed by atoms with Crippen molar-refractivity contribution in [3.63, 3.8) is 0 Å². The highest BCUT2D eigenvalue weighted by molar-refractivity contribution is 9.10. The number of nitrogens with zero attached hydrogens (tertiary/aromatic N) is 8. The monoisotopic (exact) mass is 1700 g/mol. The number of sulfone groups is 3. The predicted octanol–water partition coefficient (Wildman–Crippen LogP) is 20.2. The molecule has 0 aliphatic rings. The van der Waals surface area contributed by atoms with Crippen molar-refractivity contribution >= 4 is 123 Å². The van der Waals surface area contributed by atoms with Crippen molar-refractivity contribution in [2.45, 2.75) is 39.4 Å². The molecule has 0 fully saturated rings. The van der Waals surface area contributed by atoms with Crippen molar-refractivity contribution < 1.29 is 66.2 Å². The number of pyridine rings is 3. The first-order valence-corrected chi connectivity index (χ1v) is 39.3. The summed E-state index contributed by atoms with van der Waals surface area (Å²) in [6, 6.07) is 50.8. The van der Waals surface area contributed by atoms with Crippen LogP contribution in [0.1, 0.15) is 35.6 Å². The maximum Gasteiger partial charge on any atom is 0.184 e. The molecule has 0 aliphatic heterocycles. The molecule has 20 nitrogen and oxygen atoms in total. The lowest BCUT2D eigenvalue weighted by atomic mass is 9.94. The Bertz CT molecular complexity index is 6300. The molecule has 0 aliphatic carbocycles. The number of ether oxygens (including phenoxy) is 3. The first kappa shape index (κ1) is 81.6. The van der Waals surface area contributed by atoms with Gasteiger partial charge < -0.3 is 27.8 Å². The zero-order valence-electron chi connectivity index (χ0n) is 58.0. The Labute approximate surface area is 666 Å². The highest BCUT2D eigenvalue weighted by Gasteiger charge is 2.27. The smallest absolute Gasteiger partial charge is 0.184 e. The molecule has 0 saturated carbocycles. The van der Waals surface area contributed by atoms with E-state index in [9.17, 15) is 48.9 Å². The quantitative estimate of drug-likeness (QED) is 0.0721. The molecule has 6 aromatic heterocycles. The molecular formula is C81H58BrCl3F3N8O12PS3. The summed E-state index contributed by atoms with van der Waals surface area (Å²) in [5.74, 6) is -0.824. The minimum Gasteiger partial charge on any atom is -0.496 e. The molecule has 0 bridgehead atoms. The van der Waals surface area contributed by atoms with Gasteiger partial charge in [-0.3, -0.25) is 15.0 Å². The molecule has 1 unspecified atom stereocenters. The highest BCUT2D eigenvalue weighted by Crippen LogP contribution is 2.48. The van der Waals surface area contributed by atoms with Gasteiger partial charge in [-0.2, -0.15) is 20.4 Å². The molecule has 1 atom stereocenters. The van der Waals surface area contributed by atoms with Crippen LogP contribution in [0.5, 0.6) is 17.2 Å². The van der Waals surface area contributed by atoms with Crippen molar-refractivity contribution in [1.29, 1.82) is 10.5 Å². The van der Waals surface area contributed by atoms with Gasteiger partial charge in [0.2, 0.25) is 0 Å². The second-order valence-corrected chi connectivity index (χ2v) is 32.3. The topological polar surface area (TPSA) is 294 Å². The zero-order chi connectivity index (χ0) is 77.8. The van der Waals surface area contributed by atoms with Crippen LogP contribution in [-0.4, -0.2) is 77.0 Å². The van der Waals surface area contributed by atoms with Crippen molar-refractivity contribution in [3.8, 4) is 96.1 Å². The summed E-state index contributed by atoms with van der Waals surface area (Å²) in [5.41, 5.74) is 9.44. The first-order chi connectivity index (χ1) is 52.9. The van der Waals surface area contributed by atoms with Crippen LogP contribution in [0.2, 0.25) is 15.1 Å². The molecule has 15 rings (SSSR count). The number of hydrogen-bond acceptors (Lipinski definition) is 20. The minimum atomic E-state index is -3.73. The van der Waals surface area contributed by atoms with E-state index in [0.29, 0.717) is 136 Å². The number of hydrogen-bond donors (Lipinski definition) is 0. The van der Waals surface area contributed by atoms with Gasteiger partial charge in [0.1, 0.15) is 82.9 Å². The minimum absolute atomic E-state index is 0. The summed E-state index contributed by atoms with van der Waals surface area (Å²) in [7, 11) is -6.64. The number of benzene rings is 9. The second-order valence-electron chi connectivity index (χ2n) is 24.2. The Kier molecular flexibility index (Phi) is 25.1. The normalized spacial score (nSPS) is 11.3. The Balaban J connectivity index is 0.000000165. The van der Waals surface area contributed by atoms with E-state index in [4.69, 9.17) is 62.6 Å². The fourth-order valence-electron chi connectivity index (χ4n) is 12.3. The molecule has 0 spiro atoms.